The quantitative estimate of drug-likeness (QED) is 0.868. The molecule has 3 rings (SSSR count). The van der Waals surface area contributed by atoms with Gasteiger partial charge in [0.1, 0.15) is 11.9 Å². The van der Waals surface area contributed by atoms with Crippen molar-refractivity contribution in [2.75, 3.05) is 25.1 Å². The number of hydrogen-bond acceptors (Lipinski definition) is 4. The Morgan fingerprint density at radius 3 is 3.00 bits per heavy atom. The molecule has 0 saturated carbocycles. The monoisotopic (exact) mass is 306 g/mol. The molecule has 2 aliphatic rings. The van der Waals surface area contributed by atoms with Gasteiger partial charge in [-0.15, -0.1) is 0 Å². The van der Waals surface area contributed by atoms with Crippen LogP contribution in [0.1, 0.15) is 33.1 Å². The minimum Gasteiger partial charge on any atom is -0.381 e. The van der Waals surface area contributed by atoms with Crippen LogP contribution in [0.4, 0.5) is 5.82 Å². The summed E-state index contributed by atoms with van der Waals surface area (Å²) in [5.41, 5.74) is -0.0307. The van der Waals surface area contributed by atoms with Gasteiger partial charge in [-0.2, -0.15) is 5.10 Å². The minimum atomic E-state index is -0.204. The van der Waals surface area contributed by atoms with Crippen LogP contribution in [0.5, 0.6) is 0 Å². The van der Waals surface area contributed by atoms with Crippen molar-refractivity contribution < 1.29 is 9.53 Å². The lowest BCUT2D eigenvalue weighted by molar-refractivity contribution is -0.121. The van der Waals surface area contributed by atoms with Crippen LogP contribution in [-0.4, -0.2) is 41.5 Å². The summed E-state index contributed by atoms with van der Waals surface area (Å²) in [6, 6.07) is 1.75. The Bertz CT molecular complexity index is 520. The Labute approximate surface area is 131 Å². The highest BCUT2D eigenvalue weighted by Gasteiger charge is 2.49. The van der Waals surface area contributed by atoms with Crippen molar-refractivity contribution >= 4 is 11.7 Å². The van der Waals surface area contributed by atoms with Crippen molar-refractivity contribution in [3.8, 4) is 0 Å². The van der Waals surface area contributed by atoms with Gasteiger partial charge in [-0.3, -0.25) is 9.48 Å². The standard InChI is InChI=1S/C16H26N4O2/c1-12(2)3-7-20-8-4-13(19-20)18-14-15(21)17-11-16(14)5-9-22-10-6-16/h4,8,12,14H,3,5-7,9-11H2,1-2H3,(H,17,21)(H,18,19). The first-order chi connectivity index (χ1) is 10.6. The van der Waals surface area contributed by atoms with E-state index in [0.717, 1.165) is 51.4 Å². The Balaban J connectivity index is 1.67. The molecule has 0 bridgehead atoms. The number of anilines is 1. The molecular formula is C16H26N4O2. The van der Waals surface area contributed by atoms with Crippen LogP contribution in [0, 0.1) is 11.3 Å². The number of carbonyl (C=O) groups excluding carboxylic acids is 1. The first-order valence-electron chi connectivity index (χ1n) is 8.24. The molecule has 1 unspecified atom stereocenters. The zero-order valence-electron chi connectivity index (χ0n) is 13.5. The zero-order valence-corrected chi connectivity index (χ0v) is 13.5. The van der Waals surface area contributed by atoms with Gasteiger partial charge in [0.2, 0.25) is 5.91 Å². The summed E-state index contributed by atoms with van der Waals surface area (Å²) in [7, 11) is 0. The maximum atomic E-state index is 12.2. The molecule has 2 aliphatic heterocycles. The van der Waals surface area contributed by atoms with Crippen LogP contribution >= 0.6 is 0 Å². The Kier molecular flexibility index (Phi) is 4.38. The van der Waals surface area contributed by atoms with Gasteiger partial charge < -0.3 is 15.4 Å². The van der Waals surface area contributed by atoms with Gasteiger partial charge in [0.15, 0.2) is 0 Å². The van der Waals surface area contributed by atoms with Crippen LogP contribution in [0.25, 0.3) is 0 Å². The molecule has 1 aromatic heterocycles. The number of rotatable bonds is 5. The van der Waals surface area contributed by atoms with E-state index < -0.39 is 0 Å². The fourth-order valence-electron chi connectivity index (χ4n) is 3.31. The summed E-state index contributed by atoms with van der Waals surface area (Å²) < 4.78 is 7.41. The van der Waals surface area contributed by atoms with Gasteiger partial charge in [-0.1, -0.05) is 13.8 Å². The van der Waals surface area contributed by atoms with E-state index in [1.54, 1.807) is 0 Å². The molecule has 0 aromatic carbocycles. The molecule has 1 aromatic rings. The summed E-state index contributed by atoms with van der Waals surface area (Å²) in [4.78, 5) is 12.2. The van der Waals surface area contributed by atoms with E-state index >= 15 is 0 Å². The molecule has 122 valence electrons. The highest BCUT2D eigenvalue weighted by atomic mass is 16.5. The highest BCUT2D eigenvalue weighted by Crippen LogP contribution is 2.38. The van der Waals surface area contributed by atoms with Crippen molar-refractivity contribution in [1.29, 1.82) is 0 Å². The maximum Gasteiger partial charge on any atom is 0.243 e. The van der Waals surface area contributed by atoms with E-state index in [-0.39, 0.29) is 17.4 Å². The van der Waals surface area contributed by atoms with Gasteiger partial charge in [-0.25, -0.2) is 0 Å². The van der Waals surface area contributed by atoms with Crippen LogP contribution in [0.2, 0.25) is 0 Å². The predicted molar refractivity (Wildman–Crippen MR) is 84.6 cm³/mol. The summed E-state index contributed by atoms with van der Waals surface area (Å²) in [6.07, 6.45) is 4.91. The number of nitrogens with one attached hydrogen (secondary N) is 2. The zero-order chi connectivity index (χ0) is 15.6. The first-order valence-corrected chi connectivity index (χ1v) is 8.24. The number of carbonyl (C=O) groups is 1. The summed E-state index contributed by atoms with van der Waals surface area (Å²) in [5.74, 6) is 1.53. The molecular weight excluding hydrogens is 280 g/mol. The molecule has 2 fully saturated rings. The van der Waals surface area contributed by atoms with E-state index in [9.17, 15) is 4.79 Å². The third kappa shape index (κ3) is 3.11. The molecule has 22 heavy (non-hydrogen) atoms. The molecule has 1 amide bonds. The van der Waals surface area contributed by atoms with Gasteiger partial charge in [0.05, 0.1) is 0 Å². The van der Waals surface area contributed by atoms with Crippen LogP contribution < -0.4 is 10.6 Å². The Morgan fingerprint density at radius 1 is 1.50 bits per heavy atom. The van der Waals surface area contributed by atoms with Gasteiger partial charge in [0.25, 0.3) is 0 Å². The SMILES string of the molecule is CC(C)CCn1ccc(NC2C(=O)NCC23CCOCC3)n1. The largest absolute Gasteiger partial charge is 0.381 e. The maximum absolute atomic E-state index is 12.2. The second-order valence-electron chi connectivity index (χ2n) is 6.92. The summed E-state index contributed by atoms with van der Waals surface area (Å²) >= 11 is 0. The van der Waals surface area contributed by atoms with Crippen LogP contribution in [0.15, 0.2) is 12.3 Å². The molecule has 6 nitrogen and oxygen atoms in total. The average Bonchev–Trinajstić information content (AvgIpc) is 3.07. The topological polar surface area (TPSA) is 68.2 Å². The fraction of sp³-hybridized carbons (Fsp3) is 0.750. The lowest BCUT2D eigenvalue weighted by Crippen LogP contribution is -2.45. The first kappa shape index (κ1) is 15.3. The number of ether oxygens (including phenoxy) is 1. The molecule has 1 spiro atoms. The van der Waals surface area contributed by atoms with E-state index in [1.807, 2.05) is 16.9 Å². The second-order valence-corrected chi connectivity index (χ2v) is 6.92. The van der Waals surface area contributed by atoms with Gasteiger partial charge in [-0.05, 0) is 25.2 Å². The smallest absolute Gasteiger partial charge is 0.243 e. The van der Waals surface area contributed by atoms with Crippen LogP contribution in [0.3, 0.4) is 0 Å². The summed E-state index contributed by atoms with van der Waals surface area (Å²) in [5, 5.41) is 10.9. The summed E-state index contributed by atoms with van der Waals surface area (Å²) in [6.45, 7) is 7.53. The van der Waals surface area contributed by atoms with Crippen molar-refractivity contribution in [2.24, 2.45) is 11.3 Å². The lowest BCUT2D eigenvalue weighted by atomic mass is 9.76. The molecule has 0 radical (unpaired) electrons. The van der Waals surface area contributed by atoms with E-state index in [2.05, 4.69) is 29.6 Å². The Morgan fingerprint density at radius 2 is 2.27 bits per heavy atom. The molecule has 0 aliphatic carbocycles. The fourth-order valence-corrected chi connectivity index (χ4v) is 3.31. The minimum absolute atomic E-state index is 0.0307. The van der Waals surface area contributed by atoms with Gasteiger partial charge >= 0.3 is 0 Å². The molecule has 2 saturated heterocycles. The third-order valence-electron chi connectivity index (χ3n) is 4.85. The van der Waals surface area contributed by atoms with Crippen molar-refractivity contribution in [1.82, 2.24) is 15.1 Å². The molecule has 1 atom stereocenters. The van der Waals surface area contributed by atoms with E-state index in [1.165, 1.54) is 0 Å². The second kappa shape index (κ2) is 6.28. The lowest BCUT2D eigenvalue weighted by Gasteiger charge is -2.36. The number of hydrogen-bond donors (Lipinski definition) is 2. The van der Waals surface area contributed by atoms with Crippen molar-refractivity contribution in [3.05, 3.63) is 12.3 Å². The number of amides is 1. The number of aromatic nitrogens is 2. The normalized spacial score (nSPS) is 24.0. The Hall–Kier alpha value is -1.56. The van der Waals surface area contributed by atoms with Crippen molar-refractivity contribution in [2.45, 2.75) is 45.7 Å². The van der Waals surface area contributed by atoms with E-state index in [4.69, 9.17) is 4.74 Å². The number of nitrogens with zero attached hydrogens (tertiary/aromatic N) is 2. The van der Waals surface area contributed by atoms with Crippen LogP contribution in [-0.2, 0) is 16.1 Å². The molecule has 3 heterocycles. The van der Waals surface area contributed by atoms with Crippen molar-refractivity contribution in [3.63, 3.8) is 0 Å². The third-order valence-corrected chi connectivity index (χ3v) is 4.85. The highest BCUT2D eigenvalue weighted by molar-refractivity contribution is 5.88. The predicted octanol–water partition coefficient (Wildman–Crippen LogP) is 1.64. The van der Waals surface area contributed by atoms with E-state index in [0.29, 0.717) is 5.92 Å². The molecule has 2 N–H and O–H groups in total. The van der Waals surface area contributed by atoms with Gasteiger partial charge in [0, 0.05) is 44.0 Å². The number of aryl methyl sites for hydroxylation is 1. The average molecular weight is 306 g/mol. The molecule has 6 heteroatoms.